The van der Waals surface area contributed by atoms with E-state index in [0.717, 1.165) is 12.0 Å². The molecule has 1 aliphatic carbocycles. The lowest BCUT2D eigenvalue weighted by Crippen LogP contribution is -2.61. The molecule has 5 rings (SSSR count). The maximum absolute atomic E-state index is 13.7. The molecule has 2 aliphatic rings. The molecular formula is C34H40N2O5. The van der Waals surface area contributed by atoms with E-state index in [1.807, 2.05) is 54.6 Å². The van der Waals surface area contributed by atoms with Crippen LogP contribution in [0.25, 0.3) is 11.1 Å². The topological polar surface area (TPSA) is 79.3 Å². The molecule has 3 aromatic rings. The third-order valence-electron chi connectivity index (χ3n) is 8.15. The largest absolute Gasteiger partial charge is 0.448 e. The average Bonchev–Trinajstić information content (AvgIpc) is 3.31. The Kier molecular flexibility index (Phi) is 9.24. The Morgan fingerprint density at radius 2 is 1.37 bits per heavy atom. The second-order valence-electron chi connectivity index (χ2n) is 11.5. The Balaban J connectivity index is 1.30. The van der Waals surface area contributed by atoms with E-state index in [0.29, 0.717) is 31.8 Å². The number of nitrogens with zero attached hydrogens (tertiary/aromatic N) is 2. The summed E-state index contributed by atoms with van der Waals surface area (Å²) in [7, 11) is 0. The third kappa shape index (κ3) is 6.57. The van der Waals surface area contributed by atoms with Crippen LogP contribution >= 0.6 is 0 Å². The first-order valence-corrected chi connectivity index (χ1v) is 14.7. The lowest BCUT2D eigenvalue weighted by Gasteiger charge is -2.46. The molecule has 41 heavy (non-hydrogen) atoms. The van der Waals surface area contributed by atoms with Crippen molar-refractivity contribution in [2.45, 2.75) is 57.7 Å². The second-order valence-corrected chi connectivity index (χ2v) is 11.5. The van der Waals surface area contributed by atoms with E-state index in [-0.39, 0.29) is 43.9 Å². The molecule has 3 aromatic carbocycles. The van der Waals surface area contributed by atoms with Crippen molar-refractivity contribution < 1.29 is 24.2 Å². The highest BCUT2D eigenvalue weighted by Gasteiger charge is 2.40. The number of aliphatic hydroxyl groups excluding tert-OH is 1. The standard InChI is InChI=1S/C34H40N2O5/c1-24(2)19-27-21-35(33(38)40-22-25-11-4-3-5-12-25)26(13-10-18-37)20-36(27)34(39)41-23-32-30-16-8-6-14-28(30)29-15-7-9-17-31(29)32/h3-9,11-12,14-17,24,26-27,32,37H,10,13,18-23H2,1-2H3/t26-,27+/m0/s1. The Morgan fingerprint density at radius 1 is 0.805 bits per heavy atom. The van der Waals surface area contributed by atoms with Crippen molar-refractivity contribution in [3.8, 4) is 11.1 Å². The maximum Gasteiger partial charge on any atom is 0.410 e. The summed E-state index contributed by atoms with van der Waals surface area (Å²) in [6, 6.07) is 25.7. The maximum atomic E-state index is 13.7. The van der Waals surface area contributed by atoms with Gasteiger partial charge >= 0.3 is 12.2 Å². The van der Waals surface area contributed by atoms with Gasteiger partial charge in [-0.3, -0.25) is 0 Å². The summed E-state index contributed by atoms with van der Waals surface area (Å²) in [6.07, 6.45) is 1.08. The van der Waals surface area contributed by atoms with Gasteiger partial charge in [-0.1, -0.05) is 92.7 Å². The Hall–Kier alpha value is -3.84. The first-order chi connectivity index (χ1) is 20.0. The molecule has 1 N–H and O–H groups in total. The zero-order valence-corrected chi connectivity index (χ0v) is 23.9. The SMILES string of the molecule is CC(C)C[C@@H]1CN(C(=O)OCc2ccccc2)[C@@H](CCCO)CN1C(=O)OCC1c2ccccc2-c2ccccc21. The van der Waals surface area contributed by atoms with Gasteiger partial charge in [-0.05, 0) is 53.0 Å². The normalized spacial score (nSPS) is 18.2. The van der Waals surface area contributed by atoms with Crippen molar-refractivity contribution in [3.63, 3.8) is 0 Å². The van der Waals surface area contributed by atoms with E-state index >= 15 is 0 Å². The zero-order chi connectivity index (χ0) is 28.8. The number of hydrogen-bond acceptors (Lipinski definition) is 5. The Labute approximate surface area is 242 Å². The summed E-state index contributed by atoms with van der Waals surface area (Å²) >= 11 is 0. The van der Waals surface area contributed by atoms with Gasteiger partial charge in [-0.15, -0.1) is 0 Å². The van der Waals surface area contributed by atoms with Gasteiger partial charge in [0, 0.05) is 25.6 Å². The number of benzene rings is 3. The van der Waals surface area contributed by atoms with Crippen LogP contribution in [0.1, 0.15) is 55.7 Å². The van der Waals surface area contributed by atoms with Crippen LogP contribution in [0.5, 0.6) is 0 Å². The van der Waals surface area contributed by atoms with E-state index in [4.69, 9.17) is 9.47 Å². The van der Waals surface area contributed by atoms with Gasteiger partial charge in [0.15, 0.2) is 0 Å². The number of carbonyl (C=O) groups excluding carboxylic acids is 2. The van der Waals surface area contributed by atoms with Gasteiger partial charge in [0.05, 0.1) is 12.1 Å². The molecule has 2 atom stereocenters. The predicted molar refractivity (Wildman–Crippen MR) is 158 cm³/mol. The van der Waals surface area contributed by atoms with Gasteiger partial charge in [-0.2, -0.15) is 0 Å². The van der Waals surface area contributed by atoms with E-state index in [1.165, 1.54) is 22.3 Å². The van der Waals surface area contributed by atoms with Crippen molar-refractivity contribution in [3.05, 3.63) is 95.6 Å². The van der Waals surface area contributed by atoms with E-state index in [1.54, 1.807) is 9.80 Å². The van der Waals surface area contributed by atoms with Crippen molar-refractivity contribution in [2.75, 3.05) is 26.3 Å². The molecule has 216 valence electrons. The van der Waals surface area contributed by atoms with Crippen LogP contribution in [0.15, 0.2) is 78.9 Å². The van der Waals surface area contributed by atoms with Crippen molar-refractivity contribution in [2.24, 2.45) is 5.92 Å². The lowest BCUT2D eigenvalue weighted by atomic mass is 9.96. The smallest absolute Gasteiger partial charge is 0.410 e. The van der Waals surface area contributed by atoms with Gasteiger partial charge in [0.25, 0.3) is 0 Å². The average molecular weight is 557 g/mol. The number of amides is 2. The van der Waals surface area contributed by atoms with Gasteiger partial charge in [0.2, 0.25) is 0 Å². The molecule has 2 amide bonds. The molecule has 7 heteroatoms. The molecule has 0 aromatic heterocycles. The summed E-state index contributed by atoms with van der Waals surface area (Å²) in [6.45, 7) is 5.40. The fourth-order valence-electron chi connectivity index (χ4n) is 6.20. The monoisotopic (exact) mass is 556 g/mol. The van der Waals surface area contributed by atoms with Crippen LogP contribution in [0.4, 0.5) is 9.59 Å². The first kappa shape index (κ1) is 28.7. The molecular weight excluding hydrogens is 516 g/mol. The number of fused-ring (bicyclic) bond motifs is 3. The Morgan fingerprint density at radius 3 is 2.00 bits per heavy atom. The van der Waals surface area contributed by atoms with Gasteiger partial charge < -0.3 is 24.4 Å². The van der Waals surface area contributed by atoms with Crippen LogP contribution in [-0.4, -0.2) is 65.5 Å². The van der Waals surface area contributed by atoms with Crippen LogP contribution in [0.3, 0.4) is 0 Å². The highest BCUT2D eigenvalue weighted by atomic mass is 16.6. The van der Waals surface area contributed by atoms with Crippen LogP contribution in [-0.2, 0) is 16.1 Å². The summed E-state index contributed by atoms with van der Waals surface area (Å²) in [5.41, 5.74) is 5.64. The third-order valence-corrected chi connectivity index (χ3v) is 8.15. The molecule has 1 fully saturated rings. The Bertz CT molecular complexity index is 1280. The van der Waals surface area contributed by atoms with Crippen LogP contribution < -0.4 is 0 Å². The van der Waals surface area contributed by atoms with E-state index in [2.05, 4.69) is 38.1 Å². The van der Waals surface area contributed by atoms with Crippen LogP contribution in [0.2, 0.25) is 0 Å². The number of hydrogen-bond donors (Lipinski definition) is 1. The van der Waals surface area contributed by atoms with Gasteiger partial charge in [-0.25, -0.2) is 9.59 Å². The summed E-state index contributed by atoms with van der Waals surface area (Å²) < 4.78 is 11.7. The molecule has 0 radical (unpaired) electrons. The molecule has 0 unspecified atom stereocenters. The number of ether oxygens (including phenoxy) is 2. The minimum Gasteiger partial charge on any atom is -0.448 e. The van der Waals surface area contributed by atoms with E-state index < -0.39 is 6.09 Å². The molecule has 1 aliphatic heterocycles. The first-order valence-electron chi connectivity index (χ1n) is 14.7. The second kappa shape index (κ2) is 13.2. The van der Waals surface area contributed by atoms with E-state index in [9.17, 15) is 14.7 Å². The minimum absolute atomic E-state index is 0.0176. The number of piperazine rings is 1. The highest BCUT2D eigenvalue weighted by Crippen LogP contribution is 2.44. The summed E-state index contributed by atoms with van der Waals surface area (Å²) in [5.74, 6) is 0.300. The number of aliphatic hydroxyl groups is 1. The molecule has 1 heterocycles. The highest BCUT2D eigenvalue weighted by molar-refractivity contribution is 5.79. The number of carbonyl (C=O) groups is 2. The molecule has 0 spiro atoms. The summed E-state index contributed by atoms with van der Waals surface area (Å²) in [5, 5.41) is 9.55. The van der Waals surface area contributed by atoms with Crippen molar-refractivity contribution >= 4 is 12.2 Å². The quantitative estimate of drug-likeness (QED) is 0.328. The molecule has 0 bridgehead atoms. The fourth-order valence-corrected chi connectivity index (χ4v) is 6.20. The molecule has 1 saturated heterocycles. The van der Waals surface area contributed by atoms with Crippen LogP contribution in [0, 0.1) is 5.92 Å². The number of rotatable bonds is 9. The fraction of sp³-hybridized carbons (Fsp3) is 0.412. The molecule has 7 nitrogen and oxygen atoms in total. The minimum atomic E-state index is -0.391. The predicted octanol–water partition coefficient (Wildman–Crippen LogP) is 6.45. The van der Waals surface area contributed by atoms with Crippen molar-refractivity contribution in [1.82, 2.24) is 9.80 Å². The lowest BCUT2D eigenvalue weighted by molar-refractivity contribution is 0.00156. The summed E-state index contributed by atoms with van der Waals surface area (Å²) in [4.78, 5) is 30.5. The molecule has 0 saturated carbocycles. The van der Waals surface area contributed by atoms with Gasteiger partial charge in [0.1, 0.15) is 13.2 Å². The zero-order valence-electron chi connectivity index (χ0n) is 23.9. The van der Waals surface area contributed by atoms with Crippen molar-refractivity contribution in [1.29, 1.82) is 0 Å².